The molecular formula is C18H12ClF20NO7. The van der Waals surface area contributed by atoms with E-state index in [0.29, 0.717) is 0 Å². The normalized spacial score (nSPS) is 18.0. The second-order valence-corrected chi connectivity index (χ2v) is 8.65. The molecule has 8 nitrogen and oxygen atoms in total. The number of amides is 1. The van der Waals surface area contributed by atoms with Gasteiger partial charge in [0.2, 0.25) is 0 Å². The van der Waals surface area contributed by atoms with Gasteiger partial charge >= 0.3 is 71.9 Å². The van der Waals surface area contributed by atoms with Crippen molar-refractivity contribution in [1.82, 2.24) is 5.32 Å². The zero-order valence-corrected chi connectivity index (χ0v) is 22.4. The van der Waals surface area contributed by atoms with E-state index in [2.05, 4.69) is 27.7 Å². The first-order valence-corrected chi connectivity index (χ1v) is 11.0. The van der Waals surface area contributed by atoms with Crippen molar-refractivity contribution in [3.05, 3.63) is 12.2 Å². The minimum atomic E-state index is -8.50. The smallest absolute Gasteiger partial charge is 0.458 e. The molecule has 0 aliphatic carbocycles. The van der Waals surface area contributed by atoms with E-state index in [9.17, 15) is 97.4 Å². The van der Waals surface area contributed by atoms with Crippen LogP contribution in [0, 0.1) is 0 Å². The van der Waals surface area contributed by atoms with E-state index in [-0.39, 0.29) is 5.57 Å². The number of hydrogen-bond acceptors (Lipinski definition) is 7. The lowest BCUT2D eigenvalue weighted by Gasteiger charge is -2.42. The van der Waals surface area contributed by atoms with Crippen molar-refractivity contribution >= 4 is 23.7 Å². The van der Waals surface area contributed by atoms with Crippen LogP contribution in [0.15, 0.2) is 12.2 Å². The molecule has 47 heavy (non-hydrogen) atoms. The van der Waals surface area contributed by atoms with Gasteiger partial charge in [0.15, 0.2) is 6.61 Å². The average molecular weight is 770 g/mol. The lowest BCUT2D eigenvalue weighted by Crippen LogP contribution is -2.70. The predicted octanol–water partition coefficient (Wildman–Crippen LogP) is 7.18. The molecule has 0 aliphatic heterocycles. The Balaban J connectivity index is 6.48. The van der Waals surface area contributed by atoms with E-state index in [4.69, 9.17) is 0 Å². The highest BCUT2D eigenvalue weighted by molar-refractivity contribution is 6.22. The Bertz CT molecular complexity index is 1120. The highest BCUT2D eigenvalue weighted by atomic mass is 35.5. The van der Waals surface area contributed by atoms with Gasteiger partial charge in [0.05, 0.1) is 6.54 Å². The topological polar surface area (TPSA) is 92.3 Å². The zero-order chi connectivity index (χ0) is 38.1. The van der Waals surface area contributed by atoms with Crippen LogP contribution in [0.3, 0.4) is 0 Å². The Labute approximate surface area is 249 Å². The Morgan fingerprint density at radius 1 is 0.617 bits per heavy atom. The van der Waals surface area contributed by atoms with Crippen LogP contribution in [0.4, 0.5) is 92.6 Å². The lowest BCUT2D eigenvalue weighted by atomic mass is 10.2. The summed E-state index contributed by atoms with van der Waals surface area (Å²) in [4.78, 5) is 22.3. The largest absolute Gasteiger partial charge is 0.460 e. The number of ether oxygens (including phenoxy) is 5. The second-order valence-electron chi connectivity index (χ2n) is 8.17. The fourth-order valence-electron chi connectivity index (χ4n) is 2.18. The molecule has 0 saturated heterocycles. The van der Waals surface area contributed by atoms with Crippen LogP contribution < -0.4 is 5.32 Å². The van der Waals surface area contributed by atoms with E-state index in [1.807, 2.05) is 4.74 Å². The average Bonchev–Trinajstić information content (AvgIpc) is 2.81. The molecule has 0 aromatic carbocycles. The third-order valence-electron chi connectivity index (χ3n) is 4.36. The first-order chi connectivity index (χ1) is 20.3. The van der Waals surface area contributed by atoms with Gasteiger partial charge in [-0.2, -0.15) is 87.8 Å². The zero-order valence-electron chi connectivity index (χ0n) is 21.6. The molecule has 0 aromatic heterocycles. The molecule has 0 aromatic rings. The van der Waals surface area contributed by atoms with Gasteiger partial charge in [-0.25, -0.2) is 9.59 Å². The Morgan fingerprint density at radius 3 is 1.32 bits per heavy atom. The number of halogens is 21. The predicted molar refractivity (Wildman–Crippen MR) is 104 cm³/mol. The molecule has 0 bridgehead atoms. The lowest BCUT2D eigenvalue weighted by molar-refractivity contribution is -0.574. The van der Waals surface area contributed by atoms with E-state index < -0.39 is 91.6 Å². The Hall–Kier alpha value is -2.75. The summed E-state index contributed by atoms with van der Waals surface area (Å²) in [7, 11) is 0. The van der Waals surface area contributed by atoms with Crippen molar-refractivity contribution < 1.29 is 121 Å². The minimum Gasteiger partial charge on any atom is -0.460 e. The van der Waals surface area contributed by atoms with Gasteiger partial charge in [0.25, 0.3) is 0 Å². The maximum atomic E-state index is 14.4. The van der Waals surface area contributed by atoms with E-state index in [1.165, 1.54) is 14.8 Å². The molecule has 0 heterocycles. The summed E-state index contributed by atoms with van der Waals surface area (Å²) in [5, 5.41) is -5.65. The number of alkyl carbamates (subject to hydrolysis) is 1. The quantitative estimate of drug-likeness (QED) is 0.0621. The van der Waals surface area contributed by atoms with Gasteiger partial charge in [-0.3, -0.25) is 14.2 Å². The van der Waals surface area contributed by atoms with Crippen LogP contribution in [0.25, 0.3) is 0 Å². The molecule has 3 unspecified atom stereocenters. The molecule has 0 rings (SSSR count). The number of esters is 1. The number of hydrogen-bond donors (Lipinski definition) is 1. The van der Waals surface area contributed by atoms with Crippen molar-refractivity contribution in [2.24, 2.45) is 0 Å². The van der Waals surface area contributed by atoms with Gasteiger partial charge in [0, 0.05) is 5.57 Å². The van der Waals surface area contributed by atoms with E-state index in [1.54, 1.807) is 0 Å². The van der Waals surface area contributed by atoms with E-state index in [0.717, 1.165) is 6.92 Å². The van der Waals surface area contributed by atoms with Gasteiger partial charge in [-0.05, 0) is 18.5 Å². The molecule has 278 valence electrons. The first kappa shape index (κ1) is 44.2. The van der Waals surface area contributed by atoms with Crippen molar-refractivity contribution in [3.63, 3.8) is 0 Å². The molecule has 0 spiro atoms. The Kier molecular flexibility index (Phi) is 12.8. The molecule has 0 saturated carbocycles. The van der Waals surface area contributed by atoms with Crippen LogP contribution in [0.1, 0.15) is 6.92 Å². The minimum absolute atomic E-state index is 0.213. The SMILES string of the molecule is C=C(C)C(=O)OCCNC(=O)OCC(F)(F)OC(F)(C(F)(F)F)C(F)(F)OC(F)(C(F)(F)F)C(F)(F)OC(F)(C(F)(F)F)C(F)(F)Cl. The standard InChI is InChI=1S/C18H12ClF20NO7/c1-6(2)7(41)43-4-3-40-8(42)44-5-9(20,21)45-11(23,15(30,31)32)17(36,37)47-12(24,16(33,34)35)18(38,39)46-10(22,13(19,25)26)14(27,28)29/h1,3-5H2,2H3,(H,40,42). The fourth-order valence-corrected chi connectivity index (χ4v) is 2.33. The van der Waals surface area contributed by atoms with Crippen LogP contribution in [0.5, 0.6) is 0 Å². The van der Waals surface area contributed by atoms with Crippen LogP contribution in [0.2, 0.25) is 0 Å². The van der Waals surface area contributed by atoms with Gasteiger partial charge < -0.3 is 14.8 Å². The maximum Gasteiger partial charge on any atom is 0.458 e. The number of alkyl halides is 21. The summed E-state index contributed by atoms with van der Waals surface area (Å²) in [6.45, 7) is -0.604. The van der Waals surface area contributed by atoms with Crippen molar-refractivity contribution in [1.29, 1.82) is 0 Å². The highest BCUT2D eigenvalue weighted by Crippen LogP contribution is 2.59. The summed E-state index contributed by atoms with van der Waals surface area (Å²) in [5.74, 6) is -25.4. The summed E-state index contributed by atoms with van der Waals surface area (Å²) in [6, 6.07) is 0. The molecule has 0 radical (unpaired) electrons. The third-order valence-corrected chi connectivity index (χ3v) is 4.60. The molecule has 3 atom stereocenters. The van der Waals surface area contributed by atoms with Gasteiger partial charge in [-0.15, -0.1) is 0 Å². The number of rotatable bonds is 15. The van der Waals surface area contributed by atoms with Gasteiger partial charge in [-0.1, -0.05) is 6.58 Å². The Morgan fingerprint density at radius 2 is 0.979 bits per heavy atom. The highest BCUT2D eigenvalue weighted by Gasteiger charge is 2.87. The molecule has 0 aliphatic rings. The third kappa shape index (κ3) is 9.89. The van der Waals surface area contributed by atoms with Crippen molar-refractivity contribution in [2.45, 2.75) is 66.7 Å². The van der Waals surface area contributed by atoms with Crippen LogP contribution in [-0.2, 0) is 28.5 Å². The monoisotopic (exact) mass is 769 g/mol. The molecule has 0 fully saturated rings. The molecule has 29 heteroatoms. The van der Waals surface area contributed by atoms with Crippen LogP contribution >= 0.6 is 11.6 Å². The summed E-state index contributed by atoms with van der Waals surface area (Å²) in [5.41, 5.74) is -0.213. The van der Waals surface area contributed by atoms with E-state index >= 15 is 0 Å². The van der Waals surface area contributed by atoms with Crippen molar-refractivity contribution in [3.8, 4) is 0 Å². The maximum absolute atomic E-state index is 14.4. The van der Waals surface area contributed by atoms with Crippen molar-refractivity contribution in [2.75, 3.05) is 19.8 Å². The first-order valence-electron chi connectivity index (χ1n) is 10.6. The molecular weight excluding hydrogens is 758 g/mol. The summed E-state index contributed by atoms with van der Waals surface area (Å²) in [6.07, 6.45) is -49.3. The number of nitrogens with one attached hydrogen (secondary N) is 1. The fraction of sp³-hybridized carbons (Fsp3) is 0.778. The second kappa shape index (κ2) is 13.6. The summed E-state index contributed by atoms with van der Waals surface area (Å²) >= 11 is 3.49. The molecule has 1 N–H and O–H groups in total. The number of carbonyl (C=O) groups excluding carboxylic acids is 2. The van der Waals surface area contributed by atoms with Crippen LogP contribution in [-0.4, -0.2) is 91.6 Å². The molecule has 1 amide bonds. The van der Waals surface area contributed by atoms with Gasteiger partial charge in [0.1, 0.15) is 6.61 Å². The number of carbonyl (C=O) groups is 2. The summed E-state index contributed by atoms with van der Waals surface area (Å²) < 4.78 is 280.